The van der Waals surface area contributed by atoms with Gasteiger partial charge in [-0.05, 0) is 25.2 Å². The minimum Gasteiger partial charge on any atom is -0.396 e. The quantitative estimate of drug-likeness (QED) is 0.574. The smallest absolute Gasteiger partial charge is 0.0542 e. The lowest BCUT2D eigenvalue weighted by molar-refractivity contribution is 0.125. The molecule has 0 bridgehead atoms. The van der Waals surface area contributed by atoms with Crippen LogP contribution in [0.2, 0.25) is 0 Å². The van der Waals surface area contributed by atoms with E-state index in [1.165, 1.54) is 12.8 Å². The summed E-state index contributed by atoms with van der Waals surface area (Å²) >= 11 is 0. The van der Waals surface area contributed by atoms with E-state index in [9.17, 15) is 5.11 Å². The Morgan fingerprint density at radius 2 is 1.85 bits per heavy atom. The van der Waals surface area contributed by atoms with E-state index in [1.807, 2.05) is 0 Å². The van der Waals surface area contributed by atoms with Gasteiger partial charge in [-0.2, -0.15) is 0 Å². The number of aliphatic hydroxyl groups is 2. The summed E-state index contributed by atoms with van der Waals surface area (Å²) in [4.78, 5) is 0. The topological polar surface area (TPSA) is 40.5 Å². The Morgan fingerprint density at radius 3 is 2.38 bits per heavy atom. The second kappa shape index (κ2) is 8.52. The van der Waals surface area contributed by atoms with Crippen molar-refractivity contribution in [1.82, 2.24) is 0 Å². The second-order valence-corrected chi connectivity index (χ2v) is 4.00. The fraction of sp³-hybridized carbons (Fsp3) is 1.00. The Morgan fingerprint density at radius 1 is 1.15 bits per heavy atom. The molecule has 0 aliphatic carbocycles. The van der Waals surface area contributed by atoms with Gasteiger partial charge < -0.3 is 10.2 Å². The Balaban J connectivity index is 3.32. The molecule has 0 aromatic carbocycles. The Labute approximate surface area is 82.0 Å². The van der Waals surface area contributed by atoms with Gasteiger partial charge in [-0.15, -0.1) is 0 Å². The summed E-state index contributed by atoms with van der Waals surface area (Å²) in [7, 11) is 0. The first-order valence-corrected chi connectivity index (χ1v) is 5.49. The van der Waals surface area contributed by atoms with Gasteiger partial charge in [-0.3, -0.25) is 0 Å². The van der Waals surface area contributed by atoms with Crippen molar-refractivity contribution in [3.8, 4) is 0 Å². The summed E-state index contributed by atoms with van der Waals surface area (Å²) in [5, 5.41) is 18.3. The van der Waals surface area contributed by atoms with E-state index in [-0.39, 0.29) is 12.7 Å². The van der Waals surface area contributed by atoms with Crippen LogP contribution in [-0.2, 0) is 0 Å². The van der Waals surface area contributed by atoms with Crippen LogP contribution in [0.1, 0.15) is 52.4 Å². The summed E-state index contributed by atoms with van der Waals surface area (Å²) in [6, 6.07) is 0. The van der Waals surface area contributed by atoms with E-state index in [1.54, 1.807) is 0 Å². The lowest BCUT2D eigenvalue weighted by Gasteiger charge is -2.15. The van der Waals surface area contributed by atoms with Crippen molar-refractivity contribution in [1.29, 1.82) is 0 Å². The molecular weight excluding hydrogens is 164 g/mol. The summed E-state index contributed by atoms with van der Waals surface area (Å²) in [6.45, 7) is 4.49. The van der Waals surface area contributed by atoms with Crippen LogP contribution in [0.4, 0.5) is 0 Å². The van der Waals surface area contributed by atoms with Gasteiger partial charge in [0.1, 0.15) is 0 Å². The molecule has 2 N–H and O–H groups in total. The van der Waals surface area contributed by atoms with Crippen LogP contribution in [-0.4, -0.2) is 22.9 Å². The van der Waals surface area contributed by atoms with E-state index < -0.39 is 0 Å². The summed E-state index contributed by atoms with van der Waals surface area (Å²) < 4.78 is 0. The number of hydrogen-bond acceptors (Lipinski definition) is 2. The molecule has 0 rings (SSSR count). The van der Waals surface area contributed by atoms with Gasteiger partial charge in [0.25, 0.3) is 0 Å². The van der Waals surface area contributed by atoms with Crippen LogP contribution in [0.25, 0.3) is 0 Å². The zero-order valence-corrected chi connectivity index (χ0v) is 9.00. The van der Waals surface area contributed by atoms with Crippen molar-refractivity contribution in [3.05, 3.63) is 0 Å². The maximum absolute atomic E-state index is 9.59. The van der Waals surface area contributed by atoms with Gasteiger partial charge in [0.05, 0.1) is 6.10 Å². The minimum absolute atomic E-state index is 0.159. The molecule has 2 atom stereocenters. The Hall–Kier alpha value is -0.0800. The molecule has 0 aliphatic rings. The van der Waals surface area contributed by atoms with Crippen molar-refractivity contribution in [3.63, 3.8) is 0 Å². The van der Waals surface area contributed by atoms with Crippen LogP contribution in [0.5, 0.6) is 0 Å². The standard InChI is InChI=1S/C11H24O2/c1-3-4-5-6-11(13)9-10(2)7-8-12/h10-13H,3-9H2,1-2H3. The van der Waals surface area contributed by atoms with Crippen LogP contribution in [0, 0.1) is 5.92 Å². The average Bonchev–Trinajstić information content (AvgIpc) is 2.05. The molecule has 0 saturated heterocycles. The molecule has 0 aromatic heterocycles. The fourth-order valence-electron chi connectivity index (χ4n) is 1.55. The third kappa shape index (κ3) is 8.26. The highest BCUT2D eigenvalue weighted by atomic mass is 16.3. The average molecular weight is 188 g/mol. The maximum atomic E-state index is 9.59. The lowest BCUT2D eigenvalue weighted by atomic mass is 9.97. The Kier molecular flexibility index (Phi) is 8.46. The zero-order chi connectivity index (χ0) is 10.1. The van der Waals surface area contributed by atoms with Crippen molar-refractivity contribution < 1.29 is 10.2 Å². The molecule has 2 unspecified atom stereocenters. The fourth-order valence-corrected chi connectivity index (χ4v) is 1.55. The molecule has 0 aromatic rings. The predicted molar refractivity (Wildman–Crippen MR) is 55.6 cm³/mol. The number of aliphatic hydroxyl groups excluding tert-OH is 2. The largest absolute Gasteiger partial charge is 0.396 e. The van der Waals surface area contributed by atoms with E-state index in [4.69, 9.17) is 5.11 Å². The number of unbranched alkanes of at least 4 members (excludes halogenated alkanes) is 2. The van der Waals surface area contributed by atoms with Gasteiger partial charge in [0, 0.05) is 6.61 Å². The van der Waals surface area contributed by atoms with Crippen molar-refractivity contribution >= 4 is 0 Å². The van der Waals surface area contributed by atoms with Crippen LogP contribution < -0.4 is 0 Å². The van der Waals surface area contributed by atoms with Gasteiger partial charge in [0.2, 0.25) is 0 Å². The van der Waals surface area contributed by atoms with Crippen LogP contribution in [0.3, 0.4) is 0 Å². The normalized spacial score (nSPS) is 15.7. The highest BCUT2D eigenvalue weighted by molar-refractivity contribution is 4.61. The van der Waals surface area contributed by atoms with Gasteiger partial charge in [0.15, 0.2) is 0 Å². The molecule has 0 aliphatic heterocycles. The van der Waals surface area contributed by atoms with Crippen molar-refractivity contribution in [2.75, 3.05) is 6.61 Å². The molecule has 0 saturated carbocycles. The van der Waals surface area contributed by atoms with Crippen molar-refractivity contribution in [2.45, 2.75) is 58.5 Å². The molecular formula is C11H24O2. The molecule has 80 valence electrons. The monoisotopic (exact) mass is 188 g/mol. The summed E-state index contributed by atoms with van der Waals surface area (Å²) in [5.74, 6) is 0.446. The minimum atomic E-state index is -0.159. The van der Waals surface area contributed by atoms with Crippen molar-refractivity contribution in [2.24, 2.45) is 5.92 Å². The van der Waals surface area contributed by atoms with E-state index in [2.05, 4.69) is 13.8 Å². The maximum Gasteiger partial charge on any atom is 0.0542 e. The molecule has 2 heteroatoms. The van der Waals surface area contributed by atoms with Crippen LogP contribution in [0.15, 0.2) is 0 Å². The van der Waals surface area contributed by atoms with E-state index in [0.29, 0.717) is 5.92 Å². The highest BCUT2D eigenvalue weighted by Crippen LogP contribution is 2.14. The zero-order valence-electron chi connectivity index (χ0n) is 9.00. The first-order valence-electron chi connectivity index (χ1n) is 5.49. The molecule has 0 amide bonds. The van der Waals surface area contributed by atoms with Crippen LogP contribution >= 0.6 is 0 Å². The molecule has 13 heavy (non-hydrogen) atoms. The molecule has 0 fully saturated rings. The number of hydrogen-bond donors (Lipinski definition) is 2. The second-order valence-electron chi connectivity index (χ2n) is 4.00. The first kappa shape index (κ1) is 12.9. The SMILES string of the molecule is CCCCCC(O)CC(C)CCO. The predicted octanol–water partition coefficient (Wildman–Crippen LogP) is 2.34. The molecule has 0 heterocycles. The molecule has 0 spiro atoms. The number of rotatable bonds is 8. The van der Waals surface area contributed by atoms with Gasteiger partial charge in [-0.1, -0.05) is 33.1 Å². The lowest BCUT2D eigenvalue weighted by Crippen LogP contribution is -2.12. The third-order valence-electron chi connectivity index (χ3n) is 2.44. The third-order valence-corrected chi connectivity index (χ3v) is 2.44. The summed E-state index contributed by atoms with van der Waals surface area (Å²) in [6.07, 6.45) is 5.96. The van der Waals surface area contributed by atoms with Gasteiger partial charge in [-0.25, -0.2) is 0 Å². The van der Waals surface area contributed by atoms with Gasteiger partial charge >= 0.3 is 0 Å². The van der Waals surface area contributed by atoms with E-state index >= 15 is 0 Å². The molecule has 0 radical (unpaired) electrons. The van der Waals surface area contributed by atoms with E-state index in [0.717, 1.165) is 25.7 Å². The first-order chi connectivity index (χ1) is 6.20. The Bertz CT molecular complexity index is 104. The molecule has 2 nitrogen and oxygen atoms in total. The highest BCUT2D eigenvalue weighted by Gasteiger charge is 2.09. The summed E-state index contributed by atoms with van der Waals surface area (Å²) in [5.41, 5.74) is 0.